The van der Waals surface area contributed by atoms with E-state index in [1.54, 1.807) is 0 Å². The average Bonchev–Trinajstić information content (AvgIpc) is 2.79. The monoisotopic (exact) mass is 313 g/mol. The molecule has 120 valence electrons. The largest absolute Gasteiger partial charge is 0.465 e. The molecule has 0 saturated heterocycles. The van der Waals surface area contributed by atoms with E-state index in [1.807, 2.05) is 0 Å². The van der Waals surface area contributed by atoms with Gasteiger partial charge in [-0.25, -0.2) is 4.79 Å². The van der Waals surface area contributed by atoms with Gasteiger partial charge in [0.05, 0.1) is 7.11 Å². The average molecular weight is 313 g/mol. The third-order valence-electron chi connectivity index (χ3n) is 3.33. The Labute approximate surface area is 131 Å². The second kappa shape index (κ2) is 8.22. The van der Waals surface area contributed by atoms with Gasteiger partial charge in [0.25, 0.3) is 0 Å². The lowest BCUT2D eigenvalue weighted by Gasteiger charge is -2.25. The first-order valence-electron chi connectivity index (χ1n) is 7.45. The van der Waals surface area contributed by atoms with Gasteiger partial charge in [0.15, 0.2) is 5.82 Å². The molecule has 0 aliphatic carbocycles. The molecule has 5 nitrogen and oxygen atoms in total. The Kier molecular flexibility index (Phi) is 6.95. The van der Waals surface area contributed by atoms with Crippen molar-refractivity contribution in [1.82, 2.24) is 4.37 Å². The number of methoxy groups -OCH3 is 1. The number of rotatable bonds is 8. The Bertz CT molecular complexity index is 446. The number of esters is 1. The minimum atomic E-state index is -0.407. The molecule has 0 aromatic carbocycles. The fourth-order valence-corrected chi connectivity index (χ4v) is 2.80. The smallest absolute Gasteiger partial charge is 0.344 e. The molecule has 1 rings (SSSR count). The van der Waals surface area contributed by atoms with Crippen molar-refractivity contribution < 1.29 is 9.53 Å². The number of carbonyl (C=O) groups is 1. The standard InChI is InChI=1S/C15H27N3O2S/c1-10(2)6-8-18(9-7-11(3)4)14-12(15(19)20-5)13(16)17-21-14/h10-11H,6-9H2,1-5H3,(H2,16,17). The Balaban J connectivity index is 2.98. The number of hydrogen-bond donors (Lipinski definition) is 1. The fourth-order valence-electron chi connectivity index (χ4n) is 1.95. The van der Waals surface area contributed by atoms with E-state index < -0.39 is 5.97 Å². The molecule has 0 radical (unpaired) electrons. The lowest BCUT2D eigenvalue weighted by Crippen LogP contribution is -2.28. The molecule has 0 fully saturated rings. The minimum absolute atomic E-state index is 0.265. The Morgan fingerprint density at radius 2 is 1.76 bits per heavy atom. The van der Waals surface area contributed by atoms with Crippen molar-refractivity contribution in [3.8, 4) is 0 Å². The second-order valence-electron chi connectivity index (χ2n) is 6.09. The number of anilines is 2. The summed E-state index contributed by atoms with van der Waals surface area (Å²) in [4.78, 5) is 14.2. The molecule has 1 aromatic rings. The lowest BCUT2D eigenvalue weighted by molar-refractivity contribution is 0.0603. The molecule has 0 aliphatic heterocycles. The topological polar surface area (TPSA) is 68.5 Å². The SMILES string of the molecule is COC(=O)c1c(N)nsc1N(CCC(C)C)CCC(C)C. The quantitative estimate of drug-likeness (QED) is 0.745. The molecule has 0 atom stereocenters. The van der Waals surface area contributed by atoms with Gasteiger partial charge in [0, 0.05) is 13.1 Å². The number of nitrogens with zero attached hydrogens (tertiary/aromatic N) is 2. The lowest BCUT2D eigenvalue weighted by atomic mass is 10.1. The van der Waals surface area contributed by atoms with Crippen LogP contribution in [0.2, 0.25) is 0 Å². The van der Waals surface area contributed by atoms with Crippen LogP contribution >= 0.6 is 11.5 Å². The van der Waals surface area contributed by atoms with Crippen LogP contribution in [0.4, 0.5) is 10.8 Å². The van der Waals surface area contributed by atoms with Crippen LogP contribution in [0.15, 0.2) is 0 Å². The Morgan fingerprint density at radius 3 is 2.19 bits per heavy atom. The summed E-state index contributed by atoms with van der Waals surface area (Å²) in [6.07, 6.45) is 2.13. The molecule has 0 amide bonds. The normalized spacial score (nSPS) is 11.2. The molecular weight excluding hydrogens is 286 g/mol. The van der Waals surface area contributed by atoms with Crippen molar-refractivity contribution in [3.05, 3.63) is 5.56 Å². The maximum absolute atomic E-state index is 11.9. The zero-order chi connectivity index (χ0) is 16.0. The van der Waals surface area contributed by atoms with E-state index in [1.165, 1.54) is 18.6 Å². The van der Waals surface area contributed by atoms with E-state index in [9.17, 15) is 4.79 Å². The molecule has 6 heteroatoms. The predicted molar refractivity (Wildman–Crippen MR) is 89.0 cm³/mol. The third kappa shape index (κ3) is 5.19. The minimum Gasteiger partial charge on any atom is -0.465 e. The highest BCUT2D eigenvalue weighted by atomic mass is 32.1. The van der Waals surface area contributed by atoms with Crippen LogP contribution < -0.4 is 10.6 Å². The van der Waals surface area contributed by atoms with Gasteiger partial charge in [-0.05, 0) is 36.2 Å². The van der Waals surface area contributed by atoms with E-state index in [0.29, 0.717) is 17.4 Å². The number of ether oxygens (including phenoxy) is 1. The van der Waals surface area contributed by atoms with Gasteiger partial charge in [-0.15, -0.1) is 0 Å². The van der Waals surface area contributed by atoms with Crippen LogP contribution in [0.1, 0.15) is 50.9 Å². The predicted octanol–water partition coefficient (Wildman–Crippen LogP) is 3.41. The van der Waals surface area contributed by atoms with Gasteiger partial charge in [-0.3, -0.25) is 0 Å². The van der Waals surface area contributed by atoms with Gasteiger partial charge >= 0.3 is 5.97 Å². The summed E-state index contributed by atoms with van der Waals surface area (Å²) in [5, 5.41) is 0.834. The van der Waals surface area contributed by atoms with Crippen LogP contribution in [-0.4, -0.2) is 30.5 Å². The highest BCUT2D eigenvalue weighted by molar-refractivity contribution is 7.11. The molecule has 1 aromatic heterocycles. The van der Waals surface area contributed by atoms with Gasteiger partial charge in [-0.1, -0.05) is 27.7 Å². The summed E-state index contributed by atoms with van der Waals surface area (Å²) in [6, 6.07) is 0. The van der Waals surface area contributed by atoms with Gasteiger partial charge in [0.2, 0.25) is 0 Å². The summed E-state index contributed by atoms with van der Waals surface area (Å²) >= 11 is 1.28. The molecule has 0 aliphatic rings. The van der Waals surface area contributed by atoms with E-state index >= 15 is 0 Å². The van der Waals surface area contributed by atoms with Crippen molar-refractivity contribution in [1.29, 1.82) is 0 Å². The zero-order valence-corrected chi connectivity index (χ0v) is 14.5. The molecular formula is C15H27N3O2S. The highest BCUT2D eigenvalue weighted by Crippen LogP contribution is 2.32. The van der Waals surface area contributed by atoms with Crippen molar-refractivity contribution in [2.75, 3.05) is 30.8 Å². The van der Waals surface area contributed by atoms with Crippen LogP contribution in [0.3, 0.4) is 0 Å². The number of hydrogen-bond acceptors (Lipinski definition) is 6. The second-order valence-corrected chi connectivity index (χ2v) is 6.84. The maximum Gasteiger partial charge on any atom is 0.344 e. The molecule has 0 spiro atoms. The van der Waals surface area contributed by atoms with E-state index in [0.717, 1.165) is 30.9 Å². The van der Waals surface area contributed by atoms with Gasteiger partial charge in [-0.2, -0.15) is 4.37 Å². The molecule has 0 bridgehead atoms. The molecule has 21 heavy (non-hydrogen) atoms. The van der Waals surface area contributed by atoms with Crippen LogP contribution in [0.25, 0.3) is 0 Å². The third-order valence-corrected chi connectivity index (χ3v) is 4.25. The summed E-state index contributed by atoms with van der Waals surface area (Å²) in [5.74, 6) is 1.08. The van der Waals surface area contributed by atoms with Crippen LogP contribution in [0, 0.1) is 11.8 Å². The van der Waals surface area contributed by atoms with Crippen molar-refractivity contribution in [3.63, 3.8) is 0 Å². The molecule has 1 heterocycles. The highest BCUT2D eigenvalue weighted by Gasteiger charge is 2.24. The molecule has 0 saturated carbocycles. The Morgan fingerprint density at radius 1 is 1.24 bits per heavy atom. The van der Waals surface area contributed by atoms with E-state index in [2.05, 4.69) is 37.0 Å². The number of nitrogens with two attached hydrogens (primary N) is 1. The number of aromatic nitrogens is 1. The first kappa shape index (κ1) is 17.8. The summed E-state index contributed by atoms with van der Waals surface area (Å²) in [7, 11) is 1.37. The number of carbonyl (C=O) groups excluding carboxylic acids is 1. The van der Waals surface area contributed by atoms with Crippen molar-refractivity contribution in [2.45, 2.75) is 40.5 Å². The zero-order valence-electron chi connectivity index (χ0n) is 13.7. The summed E-state index contributed by atoms with van der Waals surface area (Å²) in [5.41, 5.74) is 6.25. The van der Waals surface area contributed by atoms with E-state index in [4.69, 9.17) is 10.5 Å². The molecule has 0 unspecified atom stereocenters. The van der Waals surface area contributed by atoms with Gasteiger partial charge in [0.1, 0.15) is 10.6 Å². The summed E-state index contributed by atoms with van der Waals surface area (Å²) in [6.45, 7) is 10.6. The summed E-state index contributed by atoms with van der Waals surface area (Å²) < 4.78 is 8.98. The van der Waals surface area contributed by atoms with Crippen molar-refractivity contribution in [2.24, 2.45) is 11.8 Å². The fraction of sp³-hybridized carbons (Fsp3) is 0.733. The van der Waals surface area contributed by atoms with Gasteiger partial charge < -0.3 is 15.4 Å². The van der Waals surface area contributed by atoms with Crippen molar-refractivity contribution >= 4 is 28.3 Å². The first-order valence-corrected chi connectivity index (χ1v) is 8.22. The number of nitrogen functional groups attached to an aromatic ring is 1. The van der Waals surface area contributed by atoms with Crippen LogP contribution in [0.5, 0.6) is 0 Å². The Hall–Kier alpha value is -1.30. The first-order chi connectivity index (χ1) is 9.86. The molecule has 2 N–H and O–H groups in total. The van der Waals surface area contributed by atoms with E-state index in [-0.39, 0.29) is 5.82 Å². The van der Waals surface area contributed by atoms with Crippen LogP contribution in [-0.2, 0) is 4.74 Å². The maximum atomic E-state index is 11.9.